The van der Waals surface area contributed by atoms with Gasteiger partial charge < -0.3 is 0 Å². The predicted molar refractivity (Wildman–Crippen MR) is 69.9 cm³/mol. The van der Waals surface area contributed by atoms with Gasteiger partial charge >= 0.3 is 15.6 Å². The molecule has 0 spiro atoms. The Labute approximate surface area is 123 Å². The molecule has 0 bridgehead atoms. The third kappa shape index (κ3) is 2.22. The summed E-state index contributed by atoms with van der Waals surface area (Å²) in [5, 5.41) is 1.53. The molecule has 1 amide bonds. The van der Waals surface area contributed by atoms with Gasteiger partial charge in [0.2, 0.25) is 0 Å². The van der Waals surface area contributed by atoms with E-state index in [1.165, 1.54) is 6.07 Å². The van der Waals surface area contributed by atoms with Gasteiger partial charge in [0.1, 0.15) is 0 Å². The SMILES string of the molecule is O=C1c2cccc3cccc(c23)CN1OS(=O)(=O)C(F)(F)F. The van der Waals surface area contributed by atoms with Gasteiger partial charge in [0.15, 0.2) is 0 Å². The zero-order valence-electron chi connectivity index (χ0n) is 10.8. The average molecular weight is 331 g/mol. The van der Waals surface area contributed by atoms with Gasteiger partial charge in [0.25, 0.3) is 5.91 Å². The van der Waals surface area contributed by atoms with Crippen LogP contribution in [0.1, 0.15) is 15.9 Å². The summed E-state index contributed by atoms with van der Waals surface area (Å²) in [5.74, 6) is -0.933. The van der Waals surface area contributed by atoms with Crippen molar-refractivity contribution in [2.45, 2.75) is 12.1 Å². The van der Waals surface area contributed by atoms with Gasteiger partial charge in [-0.25, -0.2) is 0 Å². The highest BCUT2D eigenvalue weighted by Crippen LogP contribution is 2.32. The van der Waals surface area contributed by atoms with Crippen molar-refractivity contribution in [2.75, 3.05) is 0 Å². The van der Waals surface area contributed by atoms with Gasteiger partial charge in [-0.3, -0.25) is 4.79 Å². The lowest BCUT2D eigenvalue weighted by atomic mass is 9.96. The fraction of sp³-hybridized carbons (Fsp3) is 0.154. The van der Waals surface area contributed by atoms with E-state index in [1.807, 2.05) is 0 Å². The Morgan fingerprint density at radius 3 is 2.36 bits per heavy atom. The number of carbonyl (C=O) groups is 1. The molecule has 0 aromatic heterocycles. The lowest BCUT2D eigenvalue weighted by Gasteiger charge is -2.27. The molecule has 0 aliphatic carbocycles. The van der Waals surface area contributed by atoms with Crippen LogP contribution in [0.5, 0.6) is 0 Å². The van der Waals surface area contributed by atoms with Crippen molar-refractivity contribution in [3.63, 3.8) is 0 Å². The molecule has 2 aromatic carbocycles. The van der Waals surface area contributed by atoms with Gasteiger partial charge in [0, 0.05) is 5.56 Å². The molecule has 0 fully saturated rings. The molecular weight excluding hydrogens is 323 g/mol. The maximum absolute atomic E-state index is 12.4. The maximum atomic E-state index is 12.4. The molecular formula is C13H8F3NO4S. The first-order chi connectivity index (χ1) is 10.2. The van der Waals surface area contributed by atoms with Crippen LogP contribution in [-0.4, -0.2) is 24.9 Å². The Morgan fingerprint density at radius 1 is 1.09 bits per heavy atom. The van der Waals surface area contributed by atoms with Gasteiger partial charge in [-0.1, -0.05) is 30.3 Å². The number of rotatable bonds is 2. The van der Waals surface area contributed by atoms with Crippen molar-refractivity contribution in [2.24, 2.45) is 0 Å². The first-order valence-corrected chi connectivity index (χ1v) is 7.45. The van der Waals surface area contributed by atoms with Crippen molar-refractivity contribution in [3.8, 4) is 0 Å². The van der Waals surface area contributed by atoms with E-state index >= 15 is 0 Å². The Hall–Kier alpha value is -2.13. The number of halogens is 3. The van der Waals surface area contributed by atoms with Crippen LogP contribution in [0, 0.1) is 0 Å². The summed E-state index contributed by atoms with van der Waals surface area (Å²) >= 11 is 0. The van der Waals surface area contributed by atoms with E-state index in [0.29, 0.717) is 10.9 Å². The molecule has 22 heavy (non-hydrogen) atoms. The molecule has 1 aliphatic rings. The molecule has 2 aromatic rings. The molecule has 0 saturated carbocycles. The van der Waals surface area contributed by atoms with E-state index in [1.54, 1.807) is 30.3 Å². The second kappa shape index (κ2) is 4.68. The number of nitrogens with zero attached hydrogens (tertiary/aromatic N) is 1. The number of benzene rings is 2. The number of hydrogen-bond donors (Lipinski definition) is 0. The quantitative estimate of drug-likeness (QED) is 0.794. The van der Waals surface area contributed by atoms with Gasteiger partial charge in [0.05, 0.1) is 6.54 Å². The first kappa shape index (κ1) is 14.8. The fourth-order valence-electron chi connectivity index (χ4n) is 2.31. The Bertz CT molecular complexity index is 871. The first-order valence-electron chi connectivity index (χ1n) is 6.04. The monoisotopic (exact) mass is 331 g/mol. The second-order valence-electron chi connectivity index (χ2n) is 4.64. The lowest BCUT2D eigenvalue weighted by molar-refractivity contribution is -0.0886. The highest BCUT2D eigenvalue weighted by Gasteiger charge is 2.50. The van der Waals surface area contributed by atoms with Crippen LogP contribution in [0.2, 0.25) is 0 Å². The van der Waals surface area contributed by atoms with Crippen LogP contribution >= 0.6 is 0 Å². The van der Waals surface area contributed by atoms with Crippen LogP contribution in [0.25, 0.3) is 10.8 Å². The third-order valence-electron chi connectivity index (χ3n) is 3.23. The van der Waals surface area contributed by atoms with E-state index in [-0.39, 0.29) is 17.2 Å². The standard InChI is InChI=1S/C13H8F3NO4S/c14-13(15,16)22(19,20)21-17-7-9-5-1-3-8-4-2-6-10(11(8)9)12(17)18/h1-6H,7H2. The van der Waals surface area contributed by atoms with Crippen LogP contribution < -0.4 is 0 Å². The molecule has 0 atom stereocenters. The van der Waals surface area contributed by atoms with Crippen molar-refractivity contribution in [3.05, 3.63) is 47.5 Å². The Morgan fingerprint density at radius 2 is 1.73 bits per heavy atom. The van der Waals surface area contributed by atoms with Crippen molar-refractivity contribution >= 4 is 26.8 Å². The van der Waals surface area contributed by atoms with Crippen molar-refractivity contribution in [1.29, 1.82) is 0 Å². The average Bonchev–Trinajstić information content (AvgIpc) is 2.43. The van der Waals surface area contributed by atoms with E-state index in [4.69, 9.17) is 0 Å². The molecule has 1 aliphatic heterocycles. The molecule has 9 heteroatoms. The summed E-state index contributed by atoms with van der Waals surface area (Å²) in [4.78, 5) is 12.2. The molecule has 3 rings (SSSR count). The van der Waals surface area contributed by atoms with E-state index in [0.717, 1.165) is 5.39 Å². The minimum absolute atomic E-state index is 0.0942. The summed E-state index contributed by atoms with van der Waals surface area (Å²) in [7, 11) is -5.90. The third-order valence-corrected chi connectivity index (χ3v) is 4.18. The highest BCUT2D eigenvalue weighted by atomic mass is 32.2. The summed E-state index contributed by atoms with van der Waals surface area (Å²) in [5.41, 5.74) is -5.00. The summed E-state index contributed by atoms with van der Waals surface area (Å²) in [6, 6.07) is 9.71. The molecule has 5 nitrogen and oxygen atoms in total. The van der Waals surface area contributed by atoms with Crippen LogP contribution in [-0.2, 0) is 20.9 Å². The van der Waals surface area contributed by atoms with E-state index in [9.17, 15) is 26.4 Å². The smallest absolute Gasteiger partial charge is 0.267 e. The summed E-state index contributed by atoms with van der Waals surface area (Å²) in [6.45, 7) is -0.386. The predicted octanol–water partition coefficient (Wildman–Crippen LogP) is 2.58. The Balaban J connectivity index is 2.05. The van der Waals surface area contributed by atoms with Crippen LogP contribution in [0.15, 0.2) is 36.4 Å². The van der Waals surface area contributed by atoms with E-state index in [2.05, 4.69) is 4.28 Å². The Kier molecular flexibility index (Phi) is 3.15. The number of carbonyl (C=O) groups excluding carboxylic acids is 1. The van der Waals surface area contributed by atoms with Crippen LogP contribution in [0.3, 0.4) is 0 Å². The van der Waals surface area contributed by atoms with Crippen molar-refractivity contribution in [1.82, 2.24) is 5.06 Å². The number of amides is 1. The maximum Gasteiger partial charge on any atom is 0.525 e. The largest absolute Gasteiger partial charge is 0.525 e. The van der Waals surface area contributed by atoms with Crippen LogP contribution in [0.4, 0.5) is 13.2 Å². The van der Waals surface area contributed by atoms with E-state index < -0.39 is 21.5 Å². The summed E-state index contributed by atoms with van der Waals surface area (Å²) in [6.07, 6.45) is 0. The fourth-order valence-corrected chi connectivity index (χ4v) is 2.75. The molecule has 0 N–H and O–H groups in total. The number of alkyl halides is 3. The minimum atomic E-state index is -5.90. The molecule has 1 heterocycles. The minimum Gasteiger partial charge on any atom is -0.267 e. The highest BCUT2D eigenvalue weighted by molar-refractivity contribution is 7.87. The summed E-state index contributed by atoms with van der Waals surface area (Å²) < 4.78 is 63.3. The van der Waals surface area contributed by atoms with Gasteiger partial charge in [-0.05, 0) is 22.4 Å². The molecule has 0 saturated heterocycles. The zero-order chi connectivity index (χ0) is 16.1. The zero-order valence-corrected chi connectivity index (χ0v) is 11.6. The second-order valence-corrected chi connectivity index (χ2v) is 6.16. The normalized spacial score (nSPS) is 15.4. The molecule has 0 radical (unpaired) electrons. The van der Waals surface area contributed by atoms with Gasteiger partial charge in [-0.2, -0.15) is 26.7 Å². The van der Waals surface area contributed by atoms with Crippen molar-refractivity contribution < 1.29 is 30.7 Å². The van der Waals surface area contributed by atoms with Gasteiger partial charge in [-0.15, -0.1) is 4.28 Å². The number of hydroxylamine groups is 2. The molecule has 116 valence electrons. The topological polar surface area (TPSA) is 63.7 Å². The number of hydrogen-bond acceptors (Lipinski definition) is 4. The molecule has 0 unspecified atom stereocenters. The lowest BCUT2D eigenvalue weighted by Crippen LogP contribution is -2.39.